The first-order chi connectivity index (χ1) is 10.1. The molecule has 0 saturated carbocycles. The number of rotatable bonds is 4. The number of fused-ring (bicyclic) bond motifs is 1. The van der Waals surface area contributed by atoms with Crippen molar-refractivity contribution in [3.8, 4) is 0 Å². The van der Waals surface area contributed by atoms with Gasteiger partial charge in [-0.3, -0.25) is 4.72 Å². The van der Waals surface area contributed by atoms with E-state index in [9.17, 15) is 8.42 Å². The van der Waals surface area contributed by atoms with Crippen molar-refractivity contribution < 1.29 is 8.42 Å². The van der Waals surface area contributed by atoms with Gasteiger partial charge in [-0.05, 0) is 43.4 Å². The molecule has 0 aliphatic heterocycles. The van der Waals surface area contributed by atoms with Crippen LogP contribution in [0.15, 0.2) is 29.2 Å². The molecule has 0 fully saturated rings. The van der Waals surface area contributed by atoms with Gasteiger partial charge in [-0.25, -0.2) is 13.4 Å². The molecule has 0 atom stereocenters. The number of benzene rings is 1. The highest BCUT2D eigenvalue weighted by Gasteiger charge is 2.20. The zero-order valence-electron chi connectivity index (χ0n) is 11.5. The average molecular weight is 323 g/mol. The normalized spacial score (nSPS) is 14.7. The standard InChI is InChI=1S/C14H17N3O2S2/c15-9-10-5-7-11(8-6-10)21(18,19)17-14-16-12-3-1-2-4-13(12)20-14/h5-8H,1-4,9,15H2,(H,16,17). The molecule has 7 heteroatoms. The largest absolute Gasteiger partial charge is 0.326 e. The highest BCUT2D eigenvalue weighted by Crippen LogP contribution is 2.30. The number of aryl methyl sites for hydroxylation is 2. The Morgan fingerprint density at radius 3 is 2.57 bits per heavy atom. The van der Waals surface area contributed by atoms with Crippen LogP contribution in [-0.2, 0) is 29.4 Å². The van der Waals surface area contributed by atoms with Gasteiger partial charge in [0, 0.05) is 11.4 Å². The number of thiazole rings is 1. The minimum Gasteiger partial charge on any atom is -0.326 e. The fourth-order valence-corrected chi connectivity index (χ4v) is 4.66. The van der Waals surface area contributed by atoms with Gasteiger partial charge >= 0.3 is 0 Å². The summed E-state index contributed by atoms with van der Waals surface area (Å²) in [4.78, 5) is 5.84. The fraction of sp³-hybridized carbons (Fsp3) is 0.357. The lowest BCUT2D eigenvalue weighted by Gasteiger charge is -2.06. The fourth-order valence-electron chi connectivity index (χ4n) is 2.37. The molecule has 1 aromatic carbocycles. The summed E-state index contributed by atoms with van der Waals surface area (Å²) in [7, 11) is -3.58. The molecule has 5 nitrogen and oxygen atoms in total. The highest BCUT2D eigenvalue weighted by atomic mass is 32.2. The summed E-state index contributed by atoms with van der Waals surface area (Å²) in [5.74, 6) is 0. The molecule has 1 aliphatic carbocycles. The van der Waals surface area contributed by atoms with Crippen LogP contribution in [0.4, 0.5) is 5.13 Å². The first-order valence-corrected chi connectivity index (χ1v) is 9.19. The molecule has 3 rings (SSSR count). The van der Waals surface area contributed by atoms with E-state index in [1.165, 1.54) is 16.2 Å². The summed E-state index contributed by atoms with van der Waals surface area (Å²) in [5.41, 5.74) is 7.46. The third kappa shape index (κ3) is 3.09. The minimum absolute atomic E-state index is 0.230. The molecule has 2 aromatic rings. The van der Waals surface area contributed by atoms with E-state index < -0.39 is 10.0 Å². The van der Waals surface area contributed by atoms with Gasteiger partial charge in [0.15, 0.2) is 5.13 Å². The number of nitrogens with two attached hydrogens (primary N) is 1. The molecular formula is C14H17N3O2S2. The predicted octanol–water partition coefficient (Wildman–Crippen LogP) is 2.28. The monoisotopic (exact) mass is 323 g/mol. The number of nitrogens with zero attached hydrogens (tertiary/aromatic N) is 1. The Morgan fingerprint density at radius 1 is 1.19 bits per heavy atom. The molecule has 0 radical (unpaired) electrons. The number of hydrogen-bond donors (Lipinski definition) is 2. The van der Waals surface area contributed by atoms with E-state index in [2.05, 4.69) is 9.71 Å². The molecule has 1 heterocycles. The summed E-state index contributed by atoms with van der Waals surface area (Å²) in [6, 6.07) is 6.58. The molecular weight excluding hydrogens is 306 g/mol. The Kier molecular flexibility index (Phi) is 3.97. The Bertz CT molecular complexity index is 713. The van der Waals surface area contributed by atoms with Gasteiger partial charge in [-0.15, -0.1) is 11.3 Å². The Hall–Kier alpha value is -1.44. The lowest BCUT2D eigenvalue weighted by atomic mass is 10.0. The number of sulfonamides is 1. The van der Waals surface area contributed by atoms with E-state index in [4.69, 9.17) is 5.73 Å². The van der Waals surface area contributed by atoms with Gasteiger partial charge in [0.1, 0.15) is 0 Å². The van der Waals surface area contributed by atoms with Gasteiger partial charge in [0.05, 0.1) is 10.6 Å². The second-order valence-corrected chi connectivity index (χ2v) is 7.82. The second kappa shape index (κ2) is 5.75. The lowest BCUT2D eigenvalue weighted by molar-refractivity contribution is 0.601. The maximum absolute atomic E-state index is 12.3. The predicted molar refractivity (Wildman–Crippen MR) is 83.9 cm³/mol. The van der Waals surface area contributed by atoms with Crippen LogP contribution >= 0.6 is 11.3 Å². The molecule has 1 aromatic heterocycles. The third-order valence-electron chi connectivity index (χ3n) is 3.54. The quantitative estimate of drug-likeness (QED) is 0.904. The van der Waals surface area contributed by atoms with E-state index in [0.717, 1.165) is 36.9 Å². The van der Waals surface area contributed by atoms with Crippen molar-refractivity contribution in [2.24, 2.45) is 5.73 Å². The van der Waals surface area contributed by atoms with Crippen molar-refractivity contribution in [2.75, 3.05) is 4.72 Å². The van der Waals surface area contributed by atoms with Crippen molar-refractivity contribution in [1.82, 2.24) is 4.98 Å². The van der Waals surface area contributed by atoms with Crippen molar-refractivity contribution in [1.29, 1.82) is 0 Å². The molecule has 112 valence electrons. The number of anilines is 1. The van der Waals surface area contributed by atoms with E-state index in [1.807, 2.05) is 0 Å². The Labute approximate surface area is 128 Å². The average Bonchev–Trinajstić information content (AvgIpc) is 2.88. The van der Waals surface area contributed by atoms with Crippen molar-refractivity contribution in [3.63, 3.8) is 0 Å². The first-order valence-electron chi connectivity index (χ1n) is 6.89. The third-order valence-corrected chi connectivity index (χ3v) is 6.09. The van der Waals surface area contributed by atoms with Crippen LogP contribution in [0.5, 0.6) is 0 Å². The summed E-state index contributed by atoms with van der Waals surface area (Å²) >= 11 is 1.44. The summed E-state index contributed by atoms with van der Waals surface area (Å²) in [6.45, 7) is 0.396. The van der Waals surface area contributed by atoms with Crippen molar-refractivity contribution in [2.45, 2.75) is 37.1 Å². The zero-order chi connectivity index (χ0) is 14.9. The van der Waals surface area contributed by atoms with Crippen LogP contribution in [0.1, 0.15) is 29.0 Å². The molecule has 0 amide bonds. The summed E-state index contributed by atoms with van der Waals surface area (Å²) in [6.07, 6.45) is 4.23. The molecule has 0 spiro atoms. The van der Waals surface area contributed by atoms with Crippen molar-refractivity contribution >= 4 is 26.5 Å². The maximum atomic E-state index is 12.3. The highest BCUT2D eigenvalue weighted by molar-refractivity contribution is 7.93. The molecule has 3 N–H and O–H groups in total. The Balaban J connectivity index is 1.83. The number of nitrogens with one attached hydrogen (secondary N) is 1. The maximum Gasteiger partial charge on any atom is 0.263 e. The van der Waals surface area contributed by atoms with Crippen LogP contribution in [0, 0.1) is 0 Å². The summed E-state index contributed by atoms with van der Waals surface area (Å²) < 4.78 is 27.3. The van der Waals surface area contributed by atoms with Gasteiger partial charge in [0.25, 0.3) is 10.0 Å². The van der Waals surface area contributed by atoms with E-state index in [0.29, 0.717) is 11.7 Å². The SMILES string of the molecule is NCc1ccc(S(=O)(=O)Nc2nc3c(s2)CCCC3)cc1. The van der Waals surface area contributed by atoms with Crippen molar-refractivity contribution in [3.05, 3.63) is 40.4 Å². The second-order valence-electron chi connectivity index (χ2n) is 5.05. The molecule has 1 aliphatic rings. The Morgan fingerprint density at radius 2 is 1.90 bits per heavy atom. The van der Waals surface area contributed by atoms with Crippen LogP contribution in [0.3, 0.4) is 0 Å². The molecule has 0 unspecified atom stereocenters. The topological polar surface area (TPSA) is 85.1 Å². The number of aromatic nitrogens is 1. The van der Waals surface area contributed by atoms with Crippen LogP contribution in [-0.4, -0.2) is 13.4 Å². The van der Waals surface area contributed by atoms with E-state index in [-0.39, 0.29) is 4.90 Å². The smallest absolute Gasteiger partial charge is 0.263 e. The van der Waals surface area contributed by atoms with Crippen LogP contribution in [0.25, 0.3) is 0 Å². The van der Waals surface area contributed by atoms with Crippen LogP contribution in [0.2, 0.25) is 0 Å². The van der Waals surface area contributed by atoms with Gasteiger partial charge in [-0.2, -0.15) is 0 Å². The van der Waals surface area contributed by atoms with Crippen LogP contribution < -0.4 is 10.5 Å². The first kappa shape index (κ1) is 14.5. The van der Waals surface area contributed by atoms with E-state index in [1.54, 1.807) is 24.3 Å². The lowest BCUT2D eigenvalue weighted by Crippen LogP contribution is -2.13. The number of hydrogen-bond acceptors (Lipinski definition) is 5. The van der Waals surface area contributed by atoms with Gasteiger partial charge in [0.2, 0.25) is 0 Å². The van der Waals surface area contributed by atoms with Gasteiger partial charge in [-0.1, -0.05) is 12.1 Å². The summed E-state index contributed by atoms with van der Waals surface area (Å²) in [5, 5.41) is 0.463. The molecule has 21 heavy (non-hydrogen) atoms. The molecule has 0 bridgehead atoms. The van der Waals surface area contributed by atoms with E-state index >= 15 is 0 Å². The van der Waals surface area contributed by atoms with Gasteiger partial charge < -0.3 is 5.73 Å². The minimum atomic E-state index is -3.58. The zero-order valence-corrected chi connectivity index (χ0v) is 13.1. The molecule has 0 saturated heterocycles.